The molecular weight excluding hydrogens is 464 g/mol. The number of furan rings is 1. The number of aliphatic imine (C=N–C) groups is 1. The summed E-state index contributed by atoms with van der Waals surface area (Å²) in [5, 5.41) is 0. The van der Waals surface area contributed by atoms with Crippen molar-refractivity contribution in [2.45, 2.75) is 64.7 Å². The zero-order valence-corrected chi connectivity index (χ0v) is 21.9. The summed E-state index contributed by atoms with van der Waals surface area (Å²) in [5.41, 5.74) is 0.969. The Kier molecular flexibility index (Phi) is 9.02. The van der Waals surface area contributed by atoms with E-state index >= 15 is 0 Å². The van der Waals surface area contributed by atoms with Gasteiger partial charge >= 0.3 is 5.91 Å². The van der Waals surface area contributed by atoms with E-state index in [9.17, 15) is 18.0 Å². The van der Waals surface area contributed by atoms with Crippen molar-refractivity contribution in [1.29, 1.82) is 0 Å². The number of unbranched alkanes of at least 4 members (excludes halogenated alkanes) is 2. The highest BCUT2D eigenvalue weighted by molar-refractivity contribution is 7.91. The van der Waals surface area contributed by atoms with Gasteiger partial charge in [0, 0.05) is 36.9 Å². The molecule has 1 amide bonds. The van der Waals surface area contributed by atoms with Gasteiger partial charge in [-0.15, -0.1) is 0 Å². The molecule has 1 aliphatic heterocycles. The second-order valence-electron chi connectivity index (χ2n) is 10.2. The van der Waals surface area contributed by atoms with Gasteiger partial charge < -0.3 is 4.42 Å². The lowest BCUT2D eigenvalue weighted by atomic mass is 9.90. The number of hydrogen-bond acceptors (Lipinski definition) is 6. The number of amides is 1. The Bertz CT molecular complexity index is 1100. The van der Waals surface area contributed by atoms with Crippen LogP contribution in [0, 0.1) is 17.3 Å². The molecule has 1 saturated carbocycles. The molecule has 1 aromatic heterocycles. The lowest BCUT2D eigenvalue weighted by Crippen LogP contribution is -2.23. The minimum absolute atomic E-state index is 0.0355. The number of rotatable bonds is 14. The maximum absolute atomic E-state index is 12.9. The summed E-state index contributed by atoms with van der Waals surface area (Å²) in [6, 6.07) is 1.68. The molecule has 0 aromatic carbocycles. The molecule has 1 aromatic rings. The van der Waals surface area contributed by atoms with Crippen LogP contribution in [0.1, 0.15) is 86.6 Å². The standard InChI is InChI=1S/C27H39N2O5S/c1-5-12-27(13-9-7-8-10-23(30)21-11-14-35(32,33)19-21)16-22(27)18-29(4)26(31)24-15-20(6-2)25(34-24)17-28-3/h6,15,17,21-22H,2,4-5,7-14,16,18-19H2,1,3H3/q+1. The predicted octanol–water partition coefficient (Wildman–Crippen LogP) is 4.59. The van der Waals surface area contributed by atoms with Crippen molar-refractivity contribution in [3.05, 3.63) is 29.7 Å². The van der Waals surface area contributed by atoms with E-state index in [1.807, 2.05) is 0 Å². The zero-order valence-electron chi connectivity index (χ0n) is 21.1. The van der Waals surface area contributed by atoms with E-state index in [2.05, 4.69) is 25.2 Å². The van der Waals surface area contributed by atoms with Gasteiger partial charge in [0.15, 0.2) is 22.1 Å². The van der Waals surface area contributed by atoms with Gasteiger partial charge in [-0.05, 0) is 37.5 Å². The third-order valence-corrected chi connectivity index (χ3v) is 9.36. The van der Waals surface area contributed by atoms with Crippen molar-refractivity contribution in [3.63, 3.8) is 0 Å². The molecule has 1 saturated heterocycles. The minimum atomic E-state index is -3.01. The van der Waals surface area contributed by atoms with Gasteiger partial charge in [-0.3, -0.25) is 9.79 Å². The van der Waals surface area contributed by atoms with Crippen LogP contribution >= 0.6 is 0 Å². The molecule has 3 atom stereocenters. The molecule has 192 valence electrons. The highest BCUT2D eigenvalue weighted by atomic mass is 32.2. The highest BCUT2D eigenvalue weighted by Gasteiger charge is 2.54. The van der Waals surface area contributed by atoms with Crippen LogP contribution in [-0.2, 0) is 14.6 Å². The Balaban J connectivity index is 1.45. The van der Waals surface area contributed by atoms with Gasteiger partial charge in [-0.1, -0.05) is 38.8 Å². The first-order valence-electron chi connectivity index (χ1n) is 12.7. The van der Waals surface area contributed by atoms with Crippen molar-refractivity contribution < 1.29 is 27.0 Å². The monoisotopic (exact) mass is 503 g/mol. The van der Waals surface area contributed by atoms with E-state index in [1.165, 1.54) is 4.58 Å². The molecule has 2 fully saturated rings. The molecule has 0 N–H and O–H groups in total. The predicted molar refractivity (Wildman–Crippen MR) is 139 cm³/mol. The average molecular weight is 504 g/mol. The van der Waals surface area contributed by atoms with E-state index in [0.717, 1.165) is 50.5 Å². The highest BCUT2D eigenvalue weighted by Crippen LogP contribution is 2.59. The lowest BCUT2D eigenvalue weighted by Gasteiger charge is -2.16. The first-order chi connectivity index (χ1) is 16.6. The summed E-state index contributed by atoms with van der Waals surface area (Å²) >= 11 is 0. The van der Waals surface area contributed by atoms with Crippen LogP contribution in [0.25, 0.3) is 6.08 Å². The van der Waals surface area contributed by atoms with Crippen LogP contribution in [0.4, 0.5) is 0 Å². The molecule has 0 radical (unpaired) electrons. The van der Waals surface area contributed by atoms with E-state index in [1.54, 1.807) is 25.4 Å². The van der Waals surface area contributed by atoms with Crippen LogP contribution in [-0.4, -0.2) is 62.7 Å². The van der Waals surface area contributed by atoms with Gasteiger partial charge in [0.05, 0.1) is 17.7 Å². The summed E-state index contributed by atoms with van der Waals surface area (Å²) in [4.78, 5) is 29.2. The Labute approximate surface area is 209 Å². The minimum Gasteiger partial charge on any atom is -0.444 e. The molecule has 35 heavy (non-hydrogen) atoms. The molecule has 1 aliphatic carbocycles. The van der Waals surface area contributed by atoms with E-state index in [-0.39, 0.29) is 40.3 Å². The smallest absolute Gasteiger partial charge is 0.444 e. The van der Waals surface area contributed by atoms with Crippen LogP contribution in [0.15, 0.2) is 22.1 Å². The number of carbonyl (C=O) groups is 2. The summed E-state index contributed by atoms with van der Waals surface area (Å²) in [5.74, 6) is 0.935. The van der Waals surface area contributed by atoms with Crippen molar-refractivity contribution in [3.8, 4) is 0 Å². The first-order valence-corrected chi connectivity index (χ1v) is 14.5. The molecule has 0 spiro atoms. The third kappa shape index (κ3) is 6.87. The fourth-order valence-electron chi connectivity index (χ4n) is 5.54. The number of Topliss-reactive ketones (excluding diaryl/α,β-unsaturated/α-hetero) is 1. The molecule has 0 bridgehead atoms. The molecule has 3 rings (SSSR count). The maximum Gasteiger partial charge on any atom is 0.454 e. The summed E-state index contributed by atoms with van der Waals surface area (Å²) in [6.07, 6.45) is 11.4. The van der Waals surface area contributed by atoms with Crippen LogP contribution in [0.2, 0.25) is 0 Å². The van der Waals surface area contributed by atoms with Crippen molar-refractivity contribution >= 4 is 40.5 Å². The van der Waals surface area contributed by atoms with Gasteiger partial charge in [0.2, 0.25) is 5.76 Å². The molecular formula is C27H39N2O5S+. The molecule has 2 heterocycles. The Morgan fingerprint density at radius 2 is 2.06 bits per heavy atom. The number of nitrogens with zero attached hydrogens (tertiary/aromatic N) is 2. The van der Waals surface area contributed by atoms with E-state index in [4.69, 9.17) is 4.42 Å². The number of ketones is 1. The molecule has 2 aliphatic rings. The summed E-state index contributed by atoms with van der Waals surface area (Å²) < 4.78 is 30.4. The SMILES string of the molecule is C=Cc1cc(C(=O)[N+](=C)CC2CC2(CCC)CCCCCC(=O)C2CCS(=O)(=O)C2)oc1C=NC. The Hall–Kier alpha value is -2.35. The van der Waals surface area contributed by atoms with Gasteiger partial charge in [-0.2, -0.15) is 4.58 Å². The zero-order chi connectivity index (χ0) is 25.6. The molecule has 7 nitrogen and oxygen atoms in total. The van der Waals surface area contributed by atoms with Crippen molar-refractivity contribution in [2.24, 2.45) is 22.2 Å². The Morgan fingerprint density at radius 1 is 1.29 bits per heavy atom. The van der Waals surface area contributed by atoms with Crippen molar-refractivity contribution in [2.75, 3.05) is 25.1 Å². The number of sulfone groups is 1. The van der Waals surface area contributed by atoms with Gasteiger partial charge in [0.25, 0.3) is 0 Å². The summed E-state index contributed by atoms with van der Waals surface area (Å²) in [7, 11) is -1.36. The third-order valence-electron chi connectivity index (χ3n) is 7.59. The number of carbonyl (C=O) groups excluding carboxylic acids is 2. The molecule has 8 heteroatoms. The van der Waals surface area contributed by atoms with E-state index in [0.29, 0.717) is 31.1 Å². The van der Waals surface area contributed by atoms with Crippen LogP contribution < -0.4 is 0 Å². The second-order valence-corrected chi connectivity index (χ2v) is 12.4. The van der Waals surface area contributed by atoms with E-state index < -0.39 is 9.84 Å². The normalized spacial score (nSPS) is 25.1. The number of hydrogen-bond donors (Lipinski definition) is 0. The van der Waals surface area contributed by atoms with Crippen LogP contribution in [0.3, 0.4) is 0 Å². The Morgan fingerprint density at radius 3 is 2.69 bits per heavy atom. The molecule has 3 unspecified atom stereocenters. The second kappa shape index (κ2) is 11.6. The lowest BCUT2D eigenvalue weighted by molar-refractivity contribution is -0.426. The maximum atomic E-state index is 12.9. The summed E-state index contributed by atoms with van der Waals surface area (Å²) in [6.45, 7) is 10.5. The van der Waals surface area contributed by atoms with Gasteiger partial charge in [0.1, 0.15) is 12.5 Å². The first kappa shape index (κ1) is 27.2. The largest absolute Gasteiger partial charge is 0.454 e. The average Bonchev–Trinajstić information content (AvgIpc) is 3.13. The van der Waals surface area contributed by atoms with Gasteiger partial charge in [-0.25, -0.2) is 13.2 Å². The van der Waals surface area contributed by atoms with Crippen molar-refractivity contribution in [1.82, 2.24) is 0 Å². The quantitative estimate of drug-likeness (QED) is 0.210. The fourth-order valence-corrected chi connectivity index (χ4v) is 7.31. The fraction of sp³-hybridized carbons (Fsp3) is 0.630. The van der Waals surface area contributed by atoms with Crippen LogP contribution in [0.5, 0.6) is 0 Å². The topological polar surface area (TPSA) is 96.8 Å².